The first-order chi connectivity index (χ1) is 26.8. The summed E-state index contributed by atoms with van der Waals surface area (Å²) in [6.07, 6.45) is 0. The van der Waals surface area contributed by atoms with E-state index in [4.69, 9.17) is 0 Å². The van der Waals surface area contributed by atoms with Gasteiger partial charge >= 0.3 is 0 Å². The number of hydrogen-bond acceptors (Lipinski definition) is 1. The van der Waals surface area contributed by atoms with E-state index in [9.17, 15) is 0 Å². The molecule has 10 aromatic carbocycles. The minimum Gasteiger partial charge on any atom is -0.310 e. The molecule has 0 fully saturated rings. The van der Waals surface area contributed by atoms with Gasteiger partial charge in [0.25, 0.3) is 0 Å². The van der Waals surface area contributed by atoms with E-state index in [1.54, 1.807) is 0 Å². The number of benzene rings is 10. The molecular formula is C52H34N2. The molecule has 54 heavy (non-hydrogen) atoms. The second-order valence-electron chi connectivity index (χ2n) is 14.2. The van der Waals surface area contributed by atoms with Crippen molar-refractivity contribution < 1.29 is 0 Å². The lowest BCUT2D eigenvalue weighted by Gasteiger charge is -2.26. The zero-order valence-corrected chi connectivity index (χ0v) is 29.5. The van der Waals surface area contributed by atoms with Gasteiger partial charge in [0.05, 0.1) is 11.0 Å². The SMILES string of the molecule is c1ccc(-n2c3ccccc3c3cc(N(c4ccc(-c5ccc6ccc7ccccc7c6c5)cc4)c4ccc5ccc6ccccc6c5c4)ccc32)cc1. The molecule has 0 aliphatic rings. The number of rotatable bonds is 5. The van der Waals surface area contributed by atoms with Gasteiger partial charge in [-0.15, -0.1) is 0 Å². The first-order valence-electron chi connectivity index (χ1n) is 18.6. The van der Waals surface area contributed by atoms with E-state index in [1.165, 1.54) is 76.0 Å². The monoisotopic (exact) mass is 686 g/mol. The van der Waals surface area contributed by atoms with Crippen LogP contribution in [-0.4, -0.2) is 4.57 Å². The van der Waals surface area contributed by atoms with Crippen LogP contribution in [0.25, 0.3) is 81.7 Å². The molecule has 0 aliphatic carbocycles. The third-order valence-corrected chi connectivity index (χ3v) is 11.1. The molecule has 0 unspecified atom stereocenters. The lowest BCUT2D eigenvalue weighted by atomic mass is 9.97. The van der Waals surface area contributed by atoms with E-state index in [0.29, 0.717) is 0 Å². The molecular weight excluding hydrogens is 653 g/mol. The highest BCUT2D eigenvalue weighted by atomic mass is 15.1. The van der Waals surface area contributed by atoms with Gasteiger partial charge in [-0.05, 0) is 121 Å². The van der Waals surface area contributed by atoms with Gasteiger partial charge in [-0.3, -0.25) is 0 Å². The van der Waals surface area contributed by atoms with E-state index in [0.717, 1.165) is 22.7 Å². The van der Waals surface area contributed by atoms with E-state index in [2.05, 4.69) is 216 Å². The molecule has 0 radical (unpaired) electrons. The minimum absolute atomic E-state index is 1.11. The summed E-state index contributed by atoms with van der Waals surface area (Å²) >= 11 is 0. The molecule has 252 valence electrons. The fourth-order valence-corrected chi connectivity index (χ4v) is 8.52. The van der Waals surface area contributed by atoms with Crippen molar-refractivity contribution in [1.29, 1.82) is 0 Å². The van der Waals surface area contributed by atoms with Gasteiger partial charge in [-0.1, -0.05) is 140 Å². The van der Waals surface area contributed by atoms with Gasteiger partial charge in [0, 0.05) is 33.5 Å². The molecule has 0 N–H and O–H groups in total. The molecule has 2 heteroatoms. The van der Waals surface area contributed by atoms with Crippen LogP contribution in [0.5, 0.6) is 0 Å². The van der Waals surface area contributed by atoms with Gasteiger partial charge in [-0.25, -0.2) is 0 Å². The Morgan fingerprint density at radius 1 is 0.278 bits per heavy atom. The molecule has 0 bridgehead atoms. The van der Waals surface area contributed by atoms with Crippen LogP contribution in [-0.2, 0) is 0 Å². The number of aromatic nitrogens is 1. The molecule has 11 aromatic rings. The first-order valence-corrected chi connectivity index (χ1v) is 18.6. The summed E-state index contributed by atoms with van der Waals surface area (Å²) in [6, 6.07) is 75.4. The quantitative estimate of drug-likeness (QED) is 0.164. The topological polar surface area (TPSA) is 8.17 Å². The van der Waals surface area contributed by atoms with Crippen molar-refractivity contribution in [2.75, 3.05) is 4.90 Å². The maximum atomic E-state index is 2.41. The number of fused-ring (bicyclic) bond motifs is 9. The molecule has 0 aliphatic heterocycles. The van der Waals surface area contributed by atoms with Crippen molar-refractivity contribution >= 4 is 82.0 Å². The van der Waals surface area contributed by atoms with E-state index in [1.807, 2.05) is 0 Å². The fraction of sp³-hybridized carbons (Fsp3) is 0. The Morgan fingerprint density at radius 2 is 0.741 bits per heavy atom. The van der Waals surface area contributed by atoms with Crippen molar-refractivity contribution in [3.63, 3.8) is 0 Å². The molecule has 2 nitrogen and oxygen atoms in total. The molecule has 11 rings (SSSR count). The summed E-state index contributed by atoms with van der Waals surface area (Å²) in [5, 5.41) is 12.5. The molecule has 0 amide bonds. The van der Waals surface area contributed by atoms with E-state index in [-0.39, 0.29) is 0 Å². The summed E-state index contributed by atoms with van der Waals surface area (Å²) in [4.78, 5) is 2.41. The Morgan fingerprint density at radius 3 is 1.44 bits per heavy atom. The summed E-state index contributed by atoms with van der Waals surface area (Å²) < 4.78 is 2.38. The zero-order valence-electron chi connectivity index (χ0n) is 29.5. The molecule has 1 aromatic heterocycles. The van der Waals surface area contributed by atoms with Gasteiger partial charge in [0.15, 0.2) is 0 Å². The summed E-state index contributed by atoms with van der Waals surface area (Å²) in [5.41, 5.74) is 9.30. The third-order valence-electron chi connectivity index (χ3n) is 11.1. The predicted octanol–water partition coefficient (Wildman–Crippen LogP) is 14.5. The number of nitrogens with zero attached hydrogens (tertiary/aromatic N) is 2. The average molecular weight is 687 g/mol. The smallest absolute Gasteiger partial charge is 0.0542 e. The molecule has 0 atom stereocenters. The lowest BCUT2D eigenvalue weighted by Crippen LogP contribution is -2.10. The van der Waals surface area contributed by atoms with Gasteiger partial charge in [0.1, 0.15) is 0 Å². The summed E-state index contributed by atoms with van der Waals surface area (Å²) in [5.74, 6) is 0. The number of para-hydroxylation sites is 2. The maximum absolute atomic E-state index is 2.41. The Bertz CT molecular complexity index is 3210. The van der Waals surface area contributed by atoms with Gasteiger partial charge in [0.2, 0.25) is 0 Å². The van der Waals surface area contributed by atoms with E-state index >= 15 is 0 Å². The third kappa shape index (κ3) is 4.88. The number of hydrogen-bond donors (Lipinski definition) is 0. The van der Waals surface area contributed by atoms with Crippen molar-refractivity contribution in [2.24, 2.45) is 0 Å². The number of anilines is 3. The van der Waals surface area contributed by atoms with Crippen LogP contribution in [0.15, 0.2) is 206 Å². The van der Waals surface area contributed by atoms with Crippen LogP contribution in [0, 0.1) is 0 Å². The van der Waals surface area contributed by atoms with Crippen LogP contribution >= 0.6 is 0 Å². The Hall–Kier alpha value is -7.16. The van der Waals surface area contributed by atoms with Crippen LogP contribution in [0.4, 0.5) is 17.1 Å². The predicted molar refractivity (Wildman–Crippen MR) is 231 cm³/mol. The van der Waals surface area contributed by atoms with Crippen molar-refractivity contribution in [2.45, 2.75) is 0 Å². The summed E-state index contributed by atoms with van der Waals surface area (Å²) in [7, 11) is 0. The Kier molecular flexibility index (Phi) is 6.90. The molecule has 1 heterocycles. The van der Waals surface area contributed by atoms with Crippen molar-refractivity contribution in [1.82, 2.24) is 4.57 Å². The second-order valence-corrected chi connectivity index (χ2v) is 14.2. The summed E-state index contributed by atoms with van der Waals surface area (Å²) in [6.45, 7) is 0. The minimum atomic E-state index is 1.11. The van der Waals surface area contributed by atoms with Crippen LogP contribution in [0.2, 0.25) is 0 Å². The Labute approximate surface area is 313 Å². The molecule has 0 spiro atoms. The molecule has 0 saturated carbocycles. The maximum Gasteiger partial charge on any atom is 0.0542 e. The van der Waals surface area contributed by atoms with Crippen molar-refractivity contribution in [3.8, 4) is 16.8 Å². The normalized spacial score (nSPS) is 11.7. The standard InChI is InChI=1S/C52H34N2/c1-2-12-41(13-3-1)54-51-17-9-8-16-47(51)50-34-44(30-31-52(50)54)53(43-29-26-39-21-19-37-11-5-7-15-46(37)49(39)33-43)42-27-24-35(25-28-42)40-23-22-38-20-18-36-10-4-6-14-45(36)48(38)32-40/h1-34H. The highest BCUT2D eigenvalue weighted by Gasteiger charge is 2.18. The van der Waals surface area contributed by atoms with Gasteiger partial charge in [-0.2, -0.15) is 0 Å². The van der Waals surface area contributed by atoms with Gasteiger partial charge < -0.3 is 9.47 Å². The van der Waals surface area contributed by atoms with Crippen LogP contribution < -0.4 is 4.90 Å². The average Bonchev–Trinajstić information content (AvgIpc) is 3.58. The van der Waals surface area contributed by atoms with Crippen LogP contribution in [0.1, 0.15) is 0 Å². The fourth-order valence-electron chi connectivity index (χ4n) is 8.52. The largest absolute Gasteiger partial charge is 0.310 e. The second kappa shape index (κ2) is 12.2. The van der Waals surface area contributed by atoms with E-state index < -0.39 is 0 Å². The highest BCUT2D eigenvalue weighted by molar-refractivity contribution is 6.12. The van der Waals surface area contributed by atoms with Crippen LogP contribution in [0.3, 0.4) is 0 Å². The Balaban J connectivity index is 1.10. The molecule has 0 saturated heterocycles. The van der Waals surface area contributed by atoms with Crippen molar-refractivity contribution in [3.05, 3.63) is 206 Å². The zero-order chi connectivity index (χ0) is 35.6. The lowest BCUT2D eigenvalue weighted by molar-refractivity contribution is 1.18. The first kappa shape index (κ1) is 30.5. The highest BCUT2D eigenvalue weighted by Crippen LogP contribution is 2.42.